The van der Waals surface area contributed by atoms with Gasteiger partial charge in [0.2, 0.25) is 0 Å². The number of rotatable bonds is 4. The number of allylic oxidation sites excluding steroid dienone is 2. The minimum atomic E-state index is -0.680. The van der Waals surface area contributed by atoms with Gasteiger partial charge in [0.25, 0.3) is 0 Å². The van der Waals surface area contributed by atoms with E-state index in [1.165, 1.54) is 5.57 Å². The fourth-order valence-corrected chi connectivity index (χ4v) is 4.65. The van der Waals surface area contributed by atoms with Crippen molar-refractivity contribution in [1.82, 2.24) is 0 Å². The fraction of sp³-hybridized carbons (Fsp3) is 0.632. The number of methoxy groups -OCH3 is 1. The van der Waals surface area contributed by atoms with Crippen molar-refractivity contribution in [3.63, 3.8) is 0 Å². The summed E-state index contributed by atoms with van der Waals surface area (Å²) in [7, 11) is 1.63. The van der Waals surface area contributed by atoms with Gasteiger partial charge in [-0.3, -0.25) is 4.79 Å². The fourth-order valence-electron chi connectivity index (χ4n) is 4.65. The molecule has 3 atom stereocenters. The van der Waals surface area contributed by atoms with E-state index in [0.717, 1.165) is 36.8 Å². The minimum Gasteiger partial charge on any atom is -0.388 e. The Morgan fingerprint density at radius 3 is 2.55 bits per heavy atom. The van der Waals surface area contributed by atoms with Crippen LogP contribution in [0, 0.1) is 16.7 Å². The molecule has 0 aromatic rings. The Bertz CT molecular complexity index is 577. The van der Waals surface area contributed by atoms with Crippen LogP contribution < -0.4 is 0 Å². The summed E-state index contributed by atoms with van der Waals surface area (Å²) in [5.41, 5.74) is 2.17. The van der Waals surface area contributed by atoms with E-state index in [-0.39, 0.29) is 23.2 Å². The second kappa shape index (κ2) is 4.90. The van der Waals surface area contributed by atoms with Crippen LogP contribution in [0.15, 0.2) is 36.0 Å². The van der Waals surface area contributed by atoms with E-state index in [1.54, 1.807) is 7.11 Å². The molecule has 3 aliphatic carbocycles. The molecule has 1 N–H and O–H groups in total. The second-order valence-corrected chi connectivity index (χ2v) is 7.50. The number of fused-ring (bicyclic) bond motifs is 1. The lowest BCUT2D eigenvalue weighted by Gasteiger charge is -2.39. The monoisotopic (exact) mass is 302 g/mol. The van der Waals surface area contributed by atoms with Crippen LogP contribution in [0.5, 0.6) is 0 Å². The molecule has 120 valence electrons. The maximum absolute atomic E-state index is 13.1. The van der Waals surface area contributed by atoms with Crippen molar-refractivity contribution in [3.8, 4) is 0 Å². The van der Waals surface area contributed by atoms with Gasteiger partial charge in [-0.1, -0.05) is 32.1 Å². The molecule has 3 aliphatic rings. The smallest absolute Gasteiger partial charge is 0.167 e. The number of aliphatic hydroxyl groups excluding tert-OH is 1. The lowest BCUT2D eigenvalue weighted by atomic mass is 9.69. The van der Waals surface area contributed by atoms with Gasteiger partial charge in [-0.05, 0) is 31.3 Å². The average molecular weight is 302 g/mol. The summed E-state index contributed by atoms with van der Waals surface area (Å²) in [5.74, 6) is -0.132. The highest BCUT2D eigenvalue weighted by Gasteiger charge is 2.64. The largest absolute Gasteiger partial charge is 0.388 e. The number of ether oxygens (including phenoxy) is 1. The molecule has 0 aliphatic heterocycles. The maximum atomic E-state index is 13.1. The summed E-state index contributed by atoms with van der Waals surface area (Å²) >= 11 is 0. The summed E-state index contributed by atoms with van der Waals surface area (Å²) < 4.78 is 5.65. The summed E-state index contributed by atoms with van der Waals surface area (Å²) in [6, 6.07) is 0. The van der Waals surface area contributed by atoms with E-state index in [2.05, 4.69) is 13.2 Å². The zero-order chi connectivity index (χ0) is 16.3. The lowest BCUT2D eigenvalue weighted by Crippen LogP contribution is -2.41. The predicted octanol–water partition coefficient (Wildman–Crippen LogP) is 3.20. The molecular formula is C19H26O3. The van der Waals surface area contributed by atoms with Crippen molar-refractivity contribution in [3.05, 3.63) is 36.0 Å². The van der Waals surface area contributed by atoms with Gasteiger partial charge in [0.15, 0.2) is 5.78 Å². The van der Waals surface area contributed by atoms with E-state index < -0.39 is 11.5 Å². The number of Topliss-reactive ketones (excluding diaryl/α,β-unsaturated/α-hetero) is 1. The molecule has 22 heavy (non-hydrogen) atoms. The molecule has 2 fully saturated rings. The van der Waals surface area contributed by atoms with Crippen LogP contribution in [-0.2, 0) is 9.53 Å². The van der Waals surface area contributed by atoms with Crippen molar-refractivity contribution in [2.24, 2.45) is 16.7 Å². The quantitative estimate of drug-likeness (QED) is 0.811. The minimum absolute atomic E-state index is 0.136. The summed E-state index contributed by atoms with van der Waals surface area (Å²) in [4.78, 5) is 13.1. The predicted molar refractivity (Wildman–Crippen MR) is 86.3 cm³/mol. The van der Waals surface area contributed by atoms with Gasteiger partial charge in [-0.15, -0.1) is 6.58 Å². The Morgan fingerprint density at radius 2 is 2.05 bits per heavy atom. The molecule has 0 aromatic carbocycles. The summed E-state index contributed by atoms with van der Waals surface area (Å²) in [5, 5.41) is 10.8. The summed E-state index contributed by atoms with van der Waals surface area (Å²) in [6.45, 7) is 11.9. The van der Waals surface area contributed by atoms with Gasteiger partial charge in [0.1, 0.15) is 0 Å². The zero-order valence-corrected chi connectivity index (χ0v) is 13.8. The van der Waals surface area contributed by atoms with Crippen molar-refractivity contribution in [2.45, 2.75) is 51.7 Å². The van der Waals surface area contributed by atoms with Gasteiger partial charge in [-0.25, -0.2) is 0 Å². The summed E-state index contributed by atoms with van der Waals surface area (Å²) in [6.07, 6.45) is 4.59. The second-order valence-electron chi connectivity index (χ2n) is 7.50. The highest BCUT2D eigenvalue weighted by molar-refractivity contribution is 6.05. The van der Waals surface area contributed by atoms with Crippen LogP contribution in [0.3, 0.4) is 0 Å². The number of hydrogen-bond acceptors (Lipinski definition) is 3. The van der Waals surface area contributed by atoms with Crippen LogP contribution in [-0.4, -0.2) is 30.2 Å². The highest BCUT2D eigenvalue weighted by Crippen LogP contribution is 2.66. The molecule has 3 rings (SSSR count). The number of hydrogen-bond donors (Lipinski definition) is 1. The van der Waals surface area contributed by atoms with Crippen LogP contribution in [0.4, 0.5) is 0 Å². The molecular weight excluding hydrogens is 276 g/mol. The third-order valence-corrected chi connectivity index (χ3v) is 6.02. The third-order valence-electron chi connectivity index (χ3n) is 6.02. The Labute approximate surface area is 132 Å². The van der Waals surface area contributed by atoms with Gasteiger partial charge >= 0.3 is 0 Å². The topological polar surface area (TPSA) is 46.5 Å². The van der Waals surface area contributed by atoms with E-state index in [0.29, 0.717) is 0 Å². The van der Waals surface area contributed by atoms with Crippen LogP contribution >= 0.6 is 0 Å². The first-order valence-corrected chi connectivity index (χ1v) is 8.12. The highest BCUT2D eigenvalue weighted by atomic mass is 16.5. The average Bonchev–Trinajstić information content (AvgIpc) is 3.24. The first kappa shape index (κ1) is 15.7. The zero-order valence-electron chi connectivity index (χ0n) is 13.8. The number of carbonyl (C=O) groups excluding carboxylic acids is 1. The van der Waals surface area contributed by atoms with Crippen molar-refractivity contribution in [1.29, 1.82) is 0 Å². The molecule has 3 nitrogen and oxygen atoms in total. The molecule has 3 heteroatoms. The number of aliphatic hydroxyl groups is 1. The molecule has 0 bridgehead atoms. The van der Waals surface area contributed by atoms with Gasteiger partial charge < -0.3 is 9.84 Å². The van der Waals surface area contributed by atoms with Crippen LogP contribution in [0.25, 0.3) is 0 Å². The Balaban J connectivity index is 2.19. The van der Waals surface area contributed by atoms with Crippen molar-refractivity contribution >= 4 is 5.78 Å². The van der Waals surface area contributed by atoms with E-state index in [4.69, 9.17) is 4.74 Å². The molecule has 1 spiro atoms. The number of ketones is 1. The molecule has 0 radical (unpaired) electrons. The Morgan fingerprint density at radius 1 is 1.41 bits per heavy atom. The van der Waals surface area contributed by atoms with Gasteiger partial charge in [-0.2, -0.15) is 0 Å². The first-order valence-electron chi connectivity index (χ1n) is 8.12. The molecule has 0 saturated heterocycles. The van der Waals surface area contributed by atoms with Crippen molar-refractivity contribution < 1.29 is 14.6 Å². The molecule has 3 unspecified atom stereocenters. The number of carbonyl (C=O) groups is 1. The molecule has 0 aromatic heterocycles. The standard InChI is InChI=1S/C19H26O3/c1-6-7-8-12-13-14(15(20)11(2)19(12)9-10-19)17(22-5)18(3,4)16(13)21/h6,14-15,17,20H,1-2,7-10H2,3-5H3. The normalized spacial score (nSPS) is 35.0. The van der Waals surface area contributed by atoms with Gasteiger partial charge in [0, 0.05) is 24.0 Å². The third kappa shape index (κ3) is 1.79. The maximum Gasteiger partial charge on any atom is 0.167 e. The molecule has 0 heterocycles. The molecule has 2 saturated carbocycles. The van der Waals surface area contributed by atoms with E-state index in [1.807, 2.05) is 19.9 Å². The Kier molecular flexibility index (Phi) is 3.50. The van der Waals surface area contributed by atoms with Gasteiger partial charge in [0.05, 0.1) is 17.6 Å². The van der Waals surface area contributed by atoms with E-state index in [9.17, 15) is 9.90 Å². The van der Waals surface area contributed by atoms with Crippen molar-refractivity contribution in [2.75, 3.05) is 7.11 Å². The van der Waals surface area contributed by atoms with E-state index >= 15 is 0 Å². The Hall–Kier alpha value is -1.19. The van der Waals surface area contributed by atoms with Crippen LogP contribution in [0.2, 0.25) is 0 Å². The SMILES string of the molecule is C=CCCC1=C2C(=O)C(C)(C)C(OC)C2C(O)C(=C)C12CC2. The van der Waals surface area contributed by atoms with Crippen LogP contribution in [0.1, 0.15) is 39.5 Å². The lowest BCUT2D eigenvalue weighted by molar-refractivity contribution is -0.126. The first-order chi connectivity index (χ1) is 10.3. The molecule has 0 amide bonds.